The number of hydrogen-bond acceptors (Lipinski definition) is 2. The molecule has 0 aliphatic rings. The lowest BCUT2D eigenvalue weighted by Crippen LogP contribution is -2.03. The number of benzene rings is 1. The number of aryl methyl sites for hydroxylation is 1. The summed E-state index contributed by atoms with van der Waals surface area (Å²) in [5.41, 5.74) is 8.97. The van der Waals surface area contributed by atoms with Crippen LogP contribution in [0.1, 0.15) is 11.1 Å². The number of nitrogens with two attached hydrogens (primary N) is 1. The maximum absolute atomic E-state index is 5.54. The van der Waals surface area contributed by atoms with Crippen LogP contribution in [0.25, 0.3) is 5.69 Å². The van der Waals surface area contributed by atoms with Crippen LogP contribution >= 0.6 is 15.9 Å². The van der Waals surface area contributed by atoms with Gasteiger partial charge in [0, 0.05) is 5.56 Å². The van der Waals surface area contributed by atoms with Crippen molar-refractivity contribution in [2.24, 2.45) is 5.73 Å². The molecule has 0 fully saturated rings. The summed E-state index contributed by atoms with van der Waals surface area (Å²) in [5, 5.41) is 4.36. The van der Waals surface area contributed by atoms with Gasteiger partial charge >= 0.3 is 0 Å². The third-order valence-corrected chi connectivity index (χ3v) is 3.29. The molecule has 0 aliphatic heterocycles. The van der Waals surface area contributed by atoms with Gasteiger partial charge in [0.1, 0.15) is 4.60 Å². The first-order valence-corrected chi connectivity index (χ1v) is 6.01. The molecule has 4 heteroatoms. The predicted octanol–water partition coefficient (Wildman–Crippen LogP) is 2.44. The van der Waals surface area contributed by atoms with Gasteiger partial charge in [0.25, 0.3) is 0 Å². The highest BCUT2D eigenvalue weighted by molar-refractivity contribution is 9.10. The third-order valence-electron chi connectivity index (χ3n) is 2.44. The van der Waals surface area contributed by atoms with E-state index < -0.39 is 0 Å². The molecule has 0 saturated heterocycles. The largest absolute Gasteiger partial charge is 0.330 e. The smallest absolute Gasteiger partial charge is 0.113 e. The second kappa shape index (κ2) is 4.80. The van der Waals surface area contributed by atoms with Crippen molar-refractivity contribution in [1.82, 2.24) is 9.78 Å². The van der Waals surface area contributed by atoms with Crippen molar-refractivity contribution in [2.45, 2.75) is 13.3 Å². The molecule has 0 unspecified atom stereocenters. The maximum Gasteiger partial charge on any atom is 0.113 e. The first kappa shape index (κ1) is 11.4. The highest BCUT2D eigenvalue weighted by atomic mass is 79.9. The van der Waals surface area contributed by atoms with Crippen LogP contribution in [0.3, 0.4) is 0 Å². The van der Waals surface area contributed by atoms with Gasteiger partial charge in [-0.3, -0.25) is 0 Å². The van der Waals surface area contributed by atoms with Gasteiger partial charge in [-0.15, -0.1) is 0 Å². The zero-order valence-electron chi connectivity index (χ0n) is 9.15. The minimum Gasteiger partial charge on any atom is -0.330 e. The number of aromatic nitrogens is 2. The molecule has 3 nitrogen and oxygen atoms in total. The zero-order chi connectivity index (χ0) is 11.5. The molecular formula is C12H14BrN3. The normalized spacial score (nSPS) is 10.7. The lowest BCUT2D eigenvalue weighted by atomic mass is 10.2. The van der Waals surface area contributed by atoms with Gasteiger partial charge in [-0.1, -0.05) is 12.1 Å². The molecule has 1 heterocycles. The lowest BCUT2D eigenvalue weighted by molar-refractivity contribution is 0.856. The third kappa shape index (κ3) is 2.18. The van der Waals surface area contributed by atoms with E-state index in [-0.39, 0.29) is 0 Å². The van der Waals surface area contributed by atoms with Crippen LogP contribution in [0.4, 0.5) is 0 Å². The summed E-state index contributed by atoms with van der Waals surface area (Å²) < 4.78 is 2.88. The first-order chi connectivity index (χ1) is 7.72. The lowest BCUT2D eigenvalue weighted by Gasteiger charge is -2.04. The molecule has 1 aromatic carbocycles. The summed E-state index contributed by atoms with van der Waals surface area (Å²) in [5.74, 6) is 0. The molecule has 0 radical (unpaired) electrons. The molecule has 84 valence electrons. The van der Waals surface area contributed by atoms with E-state index in [0.29, 0.717) is 6.54 Å². The van der Waals surface area contributed by atoms with E-state index in [0.717, 1.165) is 22.3 Å². The molecule has 1 aromatic heterocycles. The molecule has 2 N–H and O–H groups in total. The number of rotatable bonds is 3. The minimum absolute atomic E-state index is 0.637. The Balaban J connectivity index is 2.41. The van der Waals surface area contributed by atoms with Gasteiger partial charge in [-0.25, -0.2) is 4.68 Å². The highest BCUT2D eigenvalue weighted by Gasteiger charge is 2.08. The van der Waals surface area contributed by atoms with Crippen molar-refractivity contribution in [3.63, 3.8) is 0 Å². The highest BCUT2D eigenvalue weighted by Crippen LogP contribution is 2.21. The van der Waals surface area contributed by atoms with Gasteiger partial charge in [-0.2, -0.15) is 5.10 Å². The summed E-state index contributed by atoms with van der Waals surface area (Å²) in [6.07, 6.45) is 2.70. The molecule has 0 saturated carbocycles. The second-order valence-electron chi connectivity index (χ2n) is 3.75. The van der Waals surface area contributed by atoms with E-state index in [4.69, 9.17) is 5.73 Å². The Morgan fingerprint density at radius 2 is 2.25 bits per heavy atom. The molecule has 0 spiro atoms. The van der Waals surface area contributed by atoms with Crippen LogP contribution in [-0.4, -0.2) is 16.3 Å². The number of nitrogens with zero attached hydrogens (tertiary/aromatic N) is 2. The minimum atomic E-state index is 0.637. The molecular weight excluding hydrogens is 266 g/mol. The van der Waals surface area contributed by atoms with E-state index >= 15 is 0 Å². The fourth-order valence-corrected chi connectivity index (χ4v) is 2.23. The van der Waals surface area contributed by atoms with E-state index in [9.17, 15) is 0 Å². The Bertz CT molecular complexity index is 491. The number of hydrogen-bond donors (Lipinski definition) is 1. The Morgan fingerprint density at radius 3 is 2.94 bits per heavy atom. The molecule has 0 bridgehead atoms. The maximum atomic E-state index is 5.54. The van der Waals surface area contributed by atoms with Crippen LogP contribution in [0.2, 0.25) is 0 Å². The molecule has 0 amide bonds. The van der Waals surface area contributed by atoms with E-state index in [2.05, 4.69) is 40.1 Å². The predicted molar refractivity (Wildman–Crippen MR) is 68.8 cm³/mol. The second-order valence-corrected chi connectivity index (χ2v) is 4.50. The number of halogens is 1. The fraction of sp³-hybridized carbons (Fsp3) is 0.250. The topological polar surface area (TPSA) is 43.8 Å². The van der Waals surface area contributed by atoms with Gasteiger partial charge in [0.15, 0.2) is 0 Å². The summed E-state index contributed by atoms with van der Waals surface area (Å²) in [4.78, 5) is 0. The van der Waals surface area contributed by atoms with Crippen LogP contribution in [0.15, 0.2) is 35.1 Å². The van der Waals surface area contributed by atoms with Crippen LogP contribution < -0.4 is 5.73 Å². The van der Waals surface area contributed by atoms with Crippen LogP contribution in [0.5, 0.6) is 0 Å². The van der Waals surface area contributed by atoms with Crippen molar-refractivity contribution in [2.75, 3.05) is 6.54 Å². The Labute approximate surface area is 103 Å². The first-order valence-electron chi connectivity index (χ1n) is 5.22. The molecule has 0 atom stereocenters. The van der Waals surface area contributed by atoms with Gasteiger partial charge < -0.3 is 5.73 Å². The van der Waals surface area contributed by atoms with E-state index in [1.54, 1.807) is 0 Å². The van der Waals surface area contributed by atoms with Crippen molar-refractivity contribution in [1.29, 1.82) is 0 Å². The van der Waals surface area contributed by atoms with Crippen LogP contribution in [-0.2, 0) is 6.42 Å². The summed E-state index contributed by atoms with van der Waals surface area (Å²) in [6, 6.07) is 8.24. The molecule has 16 heavy (non-hydrogen) atoms. The monoisotopic (exact) mass is 279 g/mol. The Kier molecular flexibility index (Phi) is 3.41. The van der Waals surface area contributed by atoms with Crippen LogP contribution in [0, 0.1) is 6.92 Å². The standard InChI is InChI=1S/C12H14BrN3/c1-9-3-2-4-11(7-9)16-12(13)10(5-6-14)8-15-16/h2-4,7-8H,5-6,14H2,1H3. The average molecular weight is 280 g/mol. The molecule has 2 aromatic rings. The van der Waals surface area contributed by atoms with Crippen molar-refractivity contribution in [3.8, 4) is 5.69 Å². The fourth-order valence-electron chi connectivity index (χ4n) is 1.63. The zero-order valence-corrected chi connectivity index (χ0v) is 10.7. The average Bonchev–Trinajstić information content (AvgIpc) is 2.61. The van der Waals surface area contributed by atoms with Crippen molar-refractivity contribution >= 4 is 15.9 Å². The van der Waals surface area contributed by atoms with E-state index in [1.807, 2.05) is 23.0 Å². The summed E-state index contributed by atoms with van der Waals surface area (Å²) in [6.45, 7) is 2.71. The van der Waals surface area contributed by atoms with Crippen molar-refractivity contribution < 1.29 is 0 Å². The summed E-state index contributed by atoms with van der Waals surface area (Å²) in [7, 11) is 0. The molecule has 2 rings (SSSR count). The molecule has 0 aliphatic carbocycles. The van der Waals surface area contributed by atoms with Gasteiger partial charge in [-0.05, 0) is 53.5 Å². The van der Waals surface area contributed by atoms with Crippen molar-refractivity contribution in [3.05, 3.63) is 46.2 Å². The quantitative estimate of drug-likeness (QED) is 0.938. The Morgan fingerprint density at radius 1 is 1.44 bits per heavy atom. The Hall–Kier alpha value is -1.13. The van der Waals surface area contributed by atoms with E-state index in [1.165, 1.54) is 5.56 Å². The summed E-state index contributed by atoms with van der Waals surface area (Å²) >= 11 is 3.56. The van der Waals surface area contributed by atoms with Gasteiger partial charge in [0.2, 0.25) is 0 Å². The van der Waals surface area contributed by atoms with Gasteiger partial charge in [0.05, 0.1) is 11.9 Å². The SMILES string of the molecule is Cc1cccc(-n2ncc(CCN)c2Br)c1.